The number of hydrogen-bond acceptors (Lipinski definition) is 3. The summed E-state index contributed by atoms with van der Waals surface area (Å²) in [5.41, 5.74) is 1.56. The van der Waals surface area contributed by atoms with Crippen molar-refractivity contribution in [2.75, 3.05) is 14.1 Å². The lowest BCUT2D eigenvalue weighted by molar-refractivity contribution is -0.0715. The SMILES string of the molecule is CN(C)OC(=O)c1ccccc1C(C)(C)C. The first-order chi connectivity index (χ1) is 7.32. The standard InChI is InChI=1S/C13H19NO2/c1-13(2,3)11-9-7-6-8-10(11)12(15)16-14(4)5/h6-9H,1-5H3. The van der Waals surface area contributed by atoms with Crippen molar-refractivity contribution in [3.8, 4) is 0 Å². The maximum atomic E-state index is 11.9. The summed E-state index contributed by atoms with van der Waals surface area (Å²) < 4.78 is 0. The fourth-order valence-corrected chi connectivity index (χ4v) is 1.53. The van der Waals surface area contributed by atoms with E-state index >= 15 is 0 Å². The summed E-state index contributed by atoms with van der Waals surface area (Å²) in [7, 11) is 3.38. The van der Waals surface area contributed by atoms with Gasteiger partial charge in [0.2, 0.25) is 0 Å². The zero-order chi connectivity index (χ0) is 12.3. The number of carbonyl (C=O) groups is 1. The first-order valence-electron chi connectivity index (χ1n) is 5.31. The van der Waals surface area contributed by atoms with Gasteiger partial charge in [0.05, 0.1) is 5.56 Å². The molecule has 0 heterocycles. The summed E-state index contributed by atoms with van der Waals surface area (Å²) >= 11 is 0. The van der Waals surface area contributed by atoms with Gasteiger partial charge in [0.25, 0.3) is 0 Å². The number of rotatable bonds is 2. The largest absolute Gasteiger partial charge is 0.364 e. The number of hydrogen-bond donors (Lipinski definition) is 0. The molecular formula is C13H19NO2. The Kier molecular flexibility index (Phi) is 3.70. The zero-order valence-electron chi connectivity index (χ0n) is 10.6. The van der Waals surface area contributed by atoms with Crippen LogP contribution in [0.25, 0.3) is 0 Å². The Morgan fingerprint density at radius 3 is 2.25 bits per heavy atom. The van der Waals surface area contributed by atoms with Crippen molar-refractivity contribution < 1.29 is 9.63 Å². The number of nitrogens with zero attached hydrogens (tertiary/aromatic N) is 1. The van der Waals surface area contributed by atoms with Crippen LogP contribution in [0.5, 0.6) is 0 Å². The molecule has 0 fully saturated rings. The molecule has 0 N–H and O–H groups in total. The van der Waals surface area contributed by atoms with Gasteiger partial charge in [0, 0.05) is 14.1 Å². The molecule has 0 spiro atoms. The Bertz CT molecular complexity index is 378. The van der Waals surface area contributed by atoms with Crippen LogP contribution >= 0.6 is 0 Å². The molecule has 1 aromatic carbocycles. The molecule has 0 unspecified atom stereocenters. The van der Waals surface area contributed by atoms with Crippen LogP contribution in [0.15, 0.2) is 24.3 Å². The van der Waals surface area contributed by atoms with E-state index < -0.39 is 0 Å². The van der Waals surface area contributed by atoms with Gasteiger partial charge in [0.15, 0.2) is 0 Å². The second-order valence-corrected chi connectivity index (χ2v) is 4.99. The van der Waals surface area contributed by atoms with E-state index in [0.717, 1.165) is 5.56 Å². The molecule has 0 aliphatic carbocycles. The van der Waals surface area contributed by atoms with Gasteiger partial charge in [-0.05, 0) is 17.0 Å². The lowest BCUT2D eigenvalue weighted by Crippen LogP contribution is -2.23. The van der Waals surface area contributed by atoms with Crippen LogP contribution in [-0.2, 0) is 10.3 Å². The fourth-order valence-electron chi connectivity index (χ4n) is 1.53. The lowest BCUT2D eigenvalue weighted by atomic mass is 9.84. The van der Waals surface area contributed by atoms with Crippen LogP contribution in [0, 0.1) is 0 Å². The van der Waals surface area contributed by atoms with Gasteiger partial charge < -0.3 is 4.84 Å². The summed E-state index contributed by atoms with van der Waals surface area (Å²) in [6.07, 6.45) is 0. The summed E-state index contributed by atoms with van der Waals surface area (Å²) in [6.45, 7) is 6.23. The molecule has 3 nitrogen and oxygen atoms in total. The van der Waals surface area contributed by atoms with E-state index in [4.69, 9.17) is 4.84 Å². The second-order valence-electron chi connectivity index (χ2n) is 4.99. The molecular weight excluding hydrogens is 202 g/mol. The quantitative estimate of drug-likeness (QED) is 0.719. The van der Waals surface area contributed by atoms with Crippen molar-refractivity contribution in [1.82, 2.24) is 5.06 Å². The van der Waals surface area contributed by atoms with Crippen molar-refractivity contribution in [2.45, 2.75) is 26.2 Å². The van der Waals surface area contributed by atoms with Gasteiger partial charge in [-0.2, -0.15) is 0 Å². The molecule has 0 bridgehead atoms. The predicted molar refractivity (Wildman–Crippen MR) is 64.2 cm³/mol. The average Bonchev–Trinajstić information content (AvgIpc) is 2.15. The number of hydroxylamine groups is 2. The average molecular weight is 221 g/mol. The smallest absolute Gasteiger partial charge is 0.357 e. The Morgan fingerprint density at radius 2 is 1.75 bits per heavy atom. The van der Waals surface area contributed by atoms with Gasteiger partial charge in [0.1, 0.15) is 0 Å². The van der Waals surface area contributed by atoms with Crippen molar-refractivity contribution in [2.24, 2.45) is 0 Å². The molecule has 0 saturated carbocycles. The maximum Gasteiger partial charge on any atom is 0.357 e. The topological polar surface area (TPSA) is 29.5 Å². The summed E-state index contributed by atoms with van der Waals surface area (Å²) in [6, 6.07) is 7.55. The van der Waals surface area contributed by atoms with Crippen LogP contribution in [0.2, 0.25) is 0 Å². The Hall–Kier alpha value is -1.35. The highest BCUT2D eigenvalue weighted by atomic mass is 16.7. The molecule has 16 heavy (non-hydrogen) atoms. The molecule has 0 amide bonds. The van der Waals surface area contributed by atoms with Crippen molar-refractivity contribution in [3.63, 3.8) is 0 Å². The normalized spacial score (nSPS) is 11.6. The van der Waals surface area contributed by atoms with Crippen molar-refractivity contribution in [3.05, 3.63) is 35.4 Å². The predicted octanol–water partition coefficient (Wildman–Crippen LogP) is 2.62. The van der Waals surface area contributed by atoms with Crippen LogP contribution in [-0.4, -0.2) is 25.1 Å². The molecule has 0 aromatic heterocycles. The molecule has 0 aliphatic rings. The molecule has 0 radical (unpaired) electrons. The van der Waals surface area contributed by atoms with E-state index in [-0.39, 0.29) is 11.4 Å². The zero-order valence-corrected chi connectivity index (χ0v) is 10.6. The van der Waals surface area contributed by atoms with Crippen LogP contribution in [0.1, 0.15) is 36.7 Å². The second kappa shape index (κ2) is 4.66. The van der Waals surface area contributed by atoms with Crippen molar-refractivity contribution >= 4 is 5.97 Å². The molecule has 0 aliphatic heterocycles. The third-order valence-electron chi connectivity index (χ3n) is 2.22. The van der Waals surface area contributed by atoms with Gasteiger partial charge in [-0.3, -0.25) is 0 Å². The van der Waals surface area contributed by atoms with Gasteiger partial charge >= 0.3 is 5.97 Å². The van der Waals surface area contributed by atoms with Crippen LogP contribution in [0.4, 0.5) is 0 Å². The van der Waals surface area contributed by atoms with Gasteiger partial charge in [-0.15, -0.1) is 5.06 Å². The monoisotopic (exact) mass is 221 g/mol. The van der Waals surface area contributed by atoms with Crippen LogP contribution in [0.3, 0.4) is 0 Å². The Balaban J connectivity index is 3.09. The van der Waals surface area contributed by atoms with E-state index in [2.05, 4.69) is 20.8 Å². The van der Waals surface area contributed by atoms with Crippen molar-refractivity contribution in [1.29, 1.82) is 0 Å². The molecule has 0 atom stereocenters. The Labute approximate surface area is 97.0 Å². The van der Waals surface area contributed by atoms with E-state index in [1.165, 1.54) is 5.06 Å². The lowest BCUT2D eigenvalue weighted by Gasteiger charge is -2.22. The van der Waals surface area contributed by atoms with E-state index in [1.807, 2.05) is 18.2 Å². The summed E-state index contributed by atoms with van der Waals surface area (Å²) in [4.78, 5) is 16.9. The first-order valence-corrected chi connectivity index (χ1v) is 5.31. The third-order valence-corrected chi connectivity index (χ3v) is 2.22. The molecule has 88 valence electrons. The highest BCUT2D eigenvalue weighted by Gasteiger charge is 2.22. The van der Waals surface area contributed by atoms with E-state index in [0.29, 0.717) is 5.56 Å². The third kappa shape index (κ3) is 3.07. The fraction of sp³-hybridized carbons (Fsp3) is 0.462. The van der Waals surface area contributed by atoms with Gasteiger partial charge in [-0.25, -0.2) is 4.79 Å². The van der Waals surface area contributed by atoms with E-state index in [1.54, 1.807) is 20.2 Å². The first kappa shape index (κ1) is 12.7. The Morgan fingerprint density at radius 1 is 1.19 bits per heavy atom. The summed E-state index contributed by atoms with van der Waals surface area (Å²) in [5.74, 6) is -0.310. The minimum Gasteiger partial charge on any atom is -0.364 e. The maximum absolute atomic E-state index is 11.9. The highest BCUT2D eigenvalue weighted by molar-refractivity contribution is 5.91. The molecule has 1 aromatic rings. The number of benzene rings is 1. The summed E-state index contributed by atoms with van der Waals surface area (Å²) in [5, 5.41) is 1.40. The van der Waals surface area contributed by atoms with E-state index in [9.17, 15) is 4.79 Å². The van der Waals surface area contributed by atoms with Gasteiger partial charge in [-0.1, -0.05) is 39.0 Å². The molecule has 1 rings (SSSR count). The number of carbonyl (C=O) groups excluding carboxylic acids is 1. The minimum absolute atomic E-state index is 0.0675. The minimum atomic E-state index is -0.310. The highest BCUT2D eigenvalue weighted by Crippen LogP contribution is 2.26. The molecule has 0 saturated heterocycles. The van der Waals surface area contributed by atoms with Crippen LogP contribution < -0.4 is 0 Å². The molecule has 3 heteroatoms.